The predicted molar refractivity (Wildman–Crippen MR) is 114 cm³/mol. The molecular formula is C23H32N4O2. The summed E-state index contributed by atoms with van der Waals surface area (Å²) in [5.41, 5.74) is 2.50. The Labute approximate surface area is 172 Å². The molecule has 1 spiro atoms. The molecule has 1 amide bonds. The maximum absolute atomic E-state index is 12.9. The zero-order valence-corrected chi connectivity index (χ0v) is 17.4. The van der Waals surface area contributed by atoms with Crippen molar-refractivity contribution in [2.75, 3.05) is 46.4 Å². The number of amides is 1. The smallest absolute Gasteiger partial charge is 0.239 e. The van der Waals surface area contributed by atoms with Gasteiger partial charge in [0.2, 0.25) is 5.91 Å². The Morgan fingerprint density at radius 2 is 2.07 bits per heavy atom. The van der Waals surface area contributed by atoms with Crippen LogP contribution in [0.25, 0.3) is 10.9 Å². The minimum Gasteiger partial charge on any atom is -0.372 e. The van der Waals surface area contributed by atoms with E-state index in [0.29, 0.717) is 5.91 Å². The first kappa shape index (κ1) is 19.1. The van der Waals surface area contributed by atoms with Gasteiger partial charge in [0.25, 0.3) is 0 Å². The van der Waals surface area contributed by atoms with Gasteiger partial charge >= 0.3 is 0 Å². The summed E-state index contributed by atoms with van der Waals surface area (Å²) in [6.07, 6.45) is 6.04. The van der Waals surface area contributed by atoms with Crippen molar-refractivity contribution in [1.82, 2.24) is 19.7 Å². The summed E-state index contributed by atoms with van der Waals surface area (Å²) in [7, 11) is 2.08. The van der Waals surface area contributed by atoms with Crippen molar-refractivity contribution in [3.8, 4) is 0 Å². The number of hydrogen-bond acceptors (Lipinski definition) is 4. The molecular weight excluding hydrogens is 364 g/mol. The molecule has 1 aromatic heterocycles. The molecule has 0 unspecified atom stereocenters. The van der Waals surface area contributed by atoms with Crippen molar-refractivity contribution in [2.45, 2.75) is 43.9 Å². The Bertz CT molecular complexity index is 871. The van der Waals surface area contributed by atoms with E-state index in [1.807, 2.05) is 6.20 Å². The second kappa shape index (κ2) is 7.74. The standard InChI is InChI=1S/C23H32N4O2/c1-25-11-3-6-20(25)22(28)27-12-8-23(9-13-27)17-26(14-15-29-23)16-19-5-2-4-18-7-10-24-21(18)19/h2,4-5,7,10,20,24H,3,6,8-9,11-17H2,1H3/t20-/m1/s1. The zero-order chi connectivity index (χ0) is 19.8. The van der Waals surface area contributed by atoms with Gasteiger partial charge in [0, 0.05) is 44.4 Å². The average Bonchev–Trinajstić information content (AvgIpc) is 3.38. The summed E-state index contributed by atoms with van der Waals surface area (Å²) in [6, 6.07) is 8.75. The number of benzene rings is 1. The number of H-pyrrole nitrogens is 1. The van der Waals surface area contributed by atoms with Gasteiger partial charge < -0.3 is 14.6 Å². The molecule has 3 saturated heterocycles. The van der Waals surface area contributed by atoms with Crippen LogP contribution in [0, 0.1) is 0 Å². The lowest BCUT2D eigenvalue weighted by molar-refractivity contribution is -0.153. The lowest BCUT2D eigenvalue weighted by Crippen LogP contribution is -2.58. The number of ether oxygens (including phenoxy) is 1. The van der Waals surface area contributed by atoms with E-state index in [9.17, 15) is 4.79 Å². The van der Waals surface area contributed by atoms with E-state index in [2.05, 4.69) is 51.0 Å². The van der Waals surface area contributed by atoms with Crippen molar-refractivity contribution in [3.63, 3.8) is 0 Å². The highest BCUT2D eigenvalue weighted by Gasteiger charge is 2.42. The molecule has 3 aliphatic heterocycles. The van der Waals surface area contributed by atoms with Gasteiger partial charge in [-0.15, -0.1) is 0 Å². The average molecular weight is 397 g/mol. The normalized spacial score (nSPS) is 25.8. The van der Waals surface area contributed by atoms with Gasteiger partial charge in [-0.05, 0) is 56.3 Å². The Morgan fingerprint density at radius 1 is 1.21 bits per heavy atom. The van der Waals surface area contributed by atoms with E-state index in [1.165, 1.54) is 16.5 Å². The topological polar surface area (TPSA) is 51.8 Å². The summed E-state index contributed by atoms with van der Waals surface area (Å²) in [4.78, 5) is 23.1. The van der Waals surface area contributed by atoms with Gasteiger partial charge in [0.05, 0.1) is 18.2 Å². The lowest BCUT2D eigenvalue weighted by Gasteiger charge is -2.47. The Hall–Kier alpha value is -1.89. The Kier molecular flexibility index (Phi) is 5.10. The minimum absolute atomic E-state index is 0.0918. The fourth-order valence-corrected chi connectivity index (χ4v) is 5.45. The van der Waals surface area contributed by atoms with Gasteiger partial charge in [0.1, 0.15) is 0 Å². The summed E-state index contributed by atoms with van der Waals surface area (Å²) in [5.74, 6) is 0.325. The highest BCUT2D eigenvalue weighted by atomic mass is 16.5. The first-order valence-corrected chi connectivity index (χ1v) is 11.0. The van der Waals surface area contributed by atoms with E-state index in [0.717, 1.165) is 71.6 Å². The fraction of sp³-hybridized carbons (Fsp3) is 0.609. The van der Waals surface area contributed by atoms with Crippen LogP contribution in [0.15, 0.2) is 30.5 Å². The van der Waals surface area contributed by atoms with Crippen molar-refractivity contribution in [1.29, 1.82) is 0 Å². The van der Waals surface area contributed by atoms with Crippen molar-refractivity contribution in [3.05, 3.63) is 36.0 Å². The Morgan fingerprint density at radius 3 is 2.86 bits per heavy atom. The number of nitrogens with one attached hydrogen (secondary N) is 1. The maximum atomic E-state index is 12.9. The molecule has 6 heteroatoms. The first-order chi connectivity index (χ1) is 14.1. The summed E-state index contributed by atoms with van der Waals surface area (Å²) in [6.45, 7) is 6.33. The molecule has 1 atom stereocenters. The number of likely N-dealkylation sites (N-methyl/N-ethyl adjacent to an activating group) is 1. The van der Waals surface area contributed by atoms with E-state index in [4.69, 9.17) is 4.74 Å². The van der Waals surface area contributed by atoms with Crippen LogP contribution in [0.2, 0.25) is 0 Å². The van der Waals surface area contributed by atoms with Crippen LogP contribution in [0.3, 0.4) is 0 Å². The Balaban J connectivity index is 1.22. The molecule has 2 aromatic rings. The van der Waals surface area contributed by atoms with Crippen LogP contribution >= 0.6 is 0 Å². The third-order valence-corrected chi connectivity index (χ3v) is 7.19. The number of piperidine rings is 1. The monoisotopic (exact) mass is 396 g/mol. The molecule has 0 radical (unpaired) electrons. The number of hydrogen-bond donors (Lipinski definition) is 1. The molecule has 0 saturated carbocycles. The molecule has 0 bridgehead atoms. The number of morpholine rings is 1. The molecule has 3 fully saturated rings. The molecule has 6 nitrogen and oxygen atoms in total. The molecule has 156 valence electrons. The third-order valence-electron chi connectivity index (χ3n) is 7.19. The highest BCUT2D eigenvalue weighted by Crippen LogP contribution is 2.32. The van der Waals surface area contributed by atoms with Crippen LogP contribution in [-0.2, 0) is 16.1 Å². The number of fused-ring (bicyclic) bond motifs is 1. The fourth-order valence-electron chi connectivity index (χ4n) is 5.45. The first-order valence-electron chi connectivity index (χ1n) is 11.0. The number of likely N-dealkylation sites (tertiary alicyclic amines) is 2. The number of rotatable bonds is 3. The summed E-state index contributed by atoms with van der Waals surface area (Å²) < 4.78 is 6.32. The van der Waals surface area contributed by atoms with Crippen LogP contribution in [-0.4, -0.2) is 83.6 Å². The van der Waals surface area contributed by atoms with E-state index >= 15 is 0 Å². The van der Waals surface area contributed by atoms with Crippen LogP contribution in [0.1, 0.15) is 31.2 Å². The highest BCUT2D eigenvalue weighted by molar-refractivity contribution is 5.83. The van der Waals surface area contributed by atoms with Gasteiger partial charge in [-0.2, -0.15) is 0 Å². The van der Waals surface area contributed by atoms with E-state index in [-0.39, 0.29) is 11.6 Å². The van der Waals surface area contributed by atoms with Gasteiger partial charge in [-0.25, -0.2) is 0 Å². The minimum atomic E-state index is -0.0970. The molecule has 0 aliphatic carbocycles. The van der Waals surface area contributed by atoms with Crippen molar-refractivity contribution in [2.24, 2.45) is 0 Å². The quantitative estimate of drug-likeness (QED) is 0.866. The molecule has 4 heterocycles. The van der Waals surface area contributed by atoms with Crippen molar-refractivity contribution < 1.29 is 9.53 Å². The largest absolute Gasteiger partial charge is 0.372 e. The number of carbonyl (C=O) groups is 1. The third kappa shape index (κ3) is 3.69. The number of carbonyl (C=O) groups excluding carboxylic acids is 1. The number of nitrogens with zero attached hydrogens (tertiary/aromatic N) is 3. The summed E-state index contributed by atoms with van der Waals surface area (Å²) >= 11 is 0. The number of aromatic amines is 1. The van der Waals surface area contributed by atoms with E-state index in [1.54, 1.807) is 0 Å². The summed E-state index contributed by atoms with van der Waals surface area (Å²) in [5, 5.41) is 1.27. The molecule has 5 rings (SSSR count). The second-order valence-electron chi connectivity index (χ2n) is 9.07. The van der Waals surface area contributed by atoms with Gasteiger partial charge in [-0.3, -0.25) is 14.6 Å². The molecule has 1 aromatic carbocycles. The van der Waals surface area contributed by atoms with Gasteiger partial charge in [0.15, 0.2) is 0 Å². The molecule has 1 N–H and O–H groups in total. The number of para-hydroxylation sites is 1. The van der Waals surface area contributed by atoms with Gasteiger partial charge in [-0.1, -0.05) is 18.2 Å². The van der Waals surface area contributed by atoms with E-state index < -0.39 is 0 Å². The predicted octanol–water partition coefficient (Wildman–Crippen LogP) is 2.46. The number of aromatic nitrogens is 1. The zero-order valence-electron chi connectivity index (χ0n) is 17.4. The maximum Gasteiger partial charge on any atom is 0.239 e. The molecule has 29 heavy (non-hydrogen) atoms. The van der Waals surface area contributed by atoms with Crippen LogP contribution < -0.4 is 0 Å². The van der Waals surface area contributed by atoms with Crippen molar-refractivity contribution >= 4 is 16.8 Å². The van der Waals surface area contributed by atoms with Crippen LogP contribution in [0.4, 0.5) is 0 Å². The lowest BCUT2D eigenvalue weighted by atomic mass is 9.88. The second-order valence-corrected chi connectivity index (χ2v) is 9.07. The van der Waals surface area contributed by atoms with Crippen LogP contribution in [0.5, 0.6) is 0 Å². The SMILES string of the molecule is CN1CCC[C@@H]1C(=O)N1CCC2(CC1)CN(Cc1cccc3cc[nH]c13)CCO2. The molecule has 3 aliphatic rings.